The van der Waals surface area contributed by atoms with E-state index in [0.29, 0.717) is 5.56 Å². The van der Waals surface area contributed by atoms with Gasteiger partial charge in [0.25, 0.3) is 0 Å². The zero-order valence-corrected chi connectivity index (χ0v) is 22.2. The summed E-state index contributed by atoms with van der Waals surface area (Å²) in [5.41, 5.74) is 3.00. The third-order valence-electron chi connectivity index (χ3n) is 5.48. The van der Waals surface area contributed by atoms with Gasteiger partial charge in [-0.2, -0.15) is 0 Å². The topological polar surface area (TPSA) is 74.6 Å². The molecule has 2 N–H and O–H groups in total. The molecular weight excluding hydrogens is 450 g/mol. The van der Waals surface area contributed by atoms with Crippen molar-refractivity contribution >= 4 is 53.3 Å². The van der Waals surface area contributed by atoms with Crippen molar-refractivity contribution in [3.8, 4) is 0 Å². The fourth-order valence-electron chi connectivity index (χ4n) is 3.77. The molecular formula is C26H33FNaO4S. The van der Waals surface area contributed by atoms with Crippen molar-refractivity contribution in [3.63, 3.8) is 0 Å². The van der Waals surface area contributed by atoms with Gasteiger partial charge in [-0.3, -0.25) is 4.79 Å². The molecule has 175 valence electrons. The maximum Gasteiger partial charge on any atom is 0.339 e. The number of halogens is 1. The van der Waals surface area contributed by atoms with Gasteiger partial charge < -0.3 is 10.2 Å². The standard InChI is InChI=1S/C26H33FO4S.Na/c27-24(26(30)31)25(32-19-18-23(28)29)22-17-11-10-16-21(22)15-9-4-2-1-3-6-12-20-13-7-5-8-14-20;/h5,7-8,10-11,13-14,16-17,24-25H,1-4,6,9,12,15,18-19H2,(H,28,29)(H,30,31);. The van der Waals surface area contributed by atoms with E-state index in [0.717, 1.165) is 49.4 Å². The third-order valence-corrected chi connectivity index (χ3v) is 6.77. The van der Waals surface area contributed by atoms with Crippen molar-refractivity contribution in [2.24, 2.45) is 0 Å². The number of benzene rings is 2. The summed E-state index contributed by atoms with van der Waals surface area (Å²) in [5.74, 6) is -2.31. The first-order valence-electron chi connectivity index (χ1n) is 11.3. The predicted octanol–water partition coefficient (Wildman–Crippen LogP) is 6.10. The van der Waals surface area contributed by atoms with E-state index in [2.05, 4.69) is 24.3 Å². The van der Waals surface area contributed by atoms with Gasteiger partial charge in [0.15, 0.2) is 0 Å². The number of rotatable bonds is 16. The molecule has 0 fully saturated rings. The Morgan fingerprint density at radius 1 is 0.818 bits per heavy atom. The van der Waals surface area contributed by atoms with Crippen molar-refractivity contribution in [3.05, 3.63) is 71.3 Å². The number of unbranched alkanes of at least 4 members (excludes halogenated alkanes) is 5. The summed E-state index contributed by atoms with van der Waals surface area (Å²) in [7, 11) is 0. The van der Waals surface area contributed by atoms with Gasteiger partial charge in [0.1, 0.15) is 0 Å². The first kappa shape index (κ1) is 29.7. The molecule has 33 heavy (non-hydrogen) atoms. The van der Waals surface area contributed by atoms with Crippen LogP contribution in [0.15, 0.2) is 54.6 Å². The molecule has 0 bridgehead atoms. The molecule has 0 saturated heterocycles. The van der Waals surface area contributed by atoms with Crippen LogP contribution in [-0.4, -0.2) is 63.6 Å². The minimum absolute atomic E-state index is 0. The number of carbonyl (C=O) groups is 2. The maximum atomic E-state index is 14.5. The first-order valence-corrected chi connectivity index (χ1v) is 12.4. The summed E-state index contributed by atoms with van der Waals surface area (Å²) in [6, 6.07) is 17.9. The van der Waals surface area contributed by atoms with Crippen molar-refractivity contribution < 1.29 is 24.2 Å². The van der Waals surface area contributed by atoms with Crippen molar-refractivity contribution in [1.29, 1.82) is 0 Å². The van der Waals surface area contributed by atoms with Gasteiger partial charge in [0.2, 0.25) is 6.17 Å². The van der Waals surface area contributed by atoms with Crippen molar-refractivity contribution in [2.45, 2.75) is 69.2 Å². The van der Waals surface area contributed by atoms with Crippen LogP contribution in [0.3, 0.4) is 0 Å². The zero-order chi connectivity index (χ0) is 23.2. The second-order valence-corrected chi connectivity index (χ2v) is 9.23. The Kier molecular flexibility index (Phi) is 15.4. The monoisotopic (exact) mass is 483 g/mol. The van der Waals surface area contributed by atoms with Gasteiger partial charge in [-0.05, 0) is 42.4 Å². The molecule has 0 saturated carbocycles. The van der Waals surface area contributed by atoms with Crippen LogP contribution < -0.4 is 0 Å². The van der Waals surface area contributed by atoms with Crippen LogP contribution in [-0.2, 0) is 22.4 Å². The summed E-state index contributed by atoms with van der Waals surface area (Å²) in [6.45, 7) is 0. The average molecular weight is 484 g/mol. The molecule has 0 aliphatic heterocycles. The van der Waals surface area contributed by atoms with Gasteiger partial charge >= 0.3 is 11.9 Å². The van der Waals surface area contributed by atoms with E-state index in [4.69, 9.17) is 5.11 Å². The quantitative estimate of drug-likeness (QED) is 0.223. The first-order chi connectivity index (χ1) is 15.5. The number of carboxylic acids is 2. The summed E-state index contributed by atoms with van der Waals surface area (Å²) in [5, 5.41) is 17.2. The van der Waals surface area contributed by atoms with E-state index in [9.17, 15) is 19.1 Å². The molecule has 2 rings (SSSR count). The Hall–Kier alpha value is -1.34. The van der Waals surface area contributed by atoms with Crippen LogP contribution in [0.1, 0.15) is 66.9 Å². The maximum absolute atomic E-state index is 14.5. The molecule has 0 spiro atoms. The van der Waals surface area contributed by atoms with Gasteiger partial charge in [-0.25, -0.2) is 9.18 Å². The van der Waals surface area contributed by atoms with Crippen molar-refractivity contribution in [2.75, 3.05) is 5.75 Å². The smallest absolute Gasteiger partial charge is 0.339 e. The molecule has 4 nitrogen and oxygen atoms in total. The Bertz CT molecular complexity index is 834. The predicted molar refractivity (Wildman–Crippen MR) is 134 cm³/mol. The fraction of sp³-hybridized carbons (Fsp3) is 0.462. The zero-order valence-electron chi connectivity index (χ0n) is 19.4. The number of aryl methyl sites for hydroxylation is 2. The van der Waals surface area contributed by atoms with E-state index in [1.54, 1.807) is 12.1 Å². The summed E-state index contributed by atoms with van der Waals surface area (Å²) in [4.78, 5) is 22.1. The number of aliphatic carboxylic acids is 2. The van der Waals surface area contributed by atoms with Crippen molar-refractivity contribution in [1.82, 2.24) is 0 Å². The second-order valence-electron chi connectivity index (χ2n) is 7.98. The van der Waals surface area contributed by atoms with Crippen LogP contribution >= 0.6 is 11.8 Å². The fourth-order valence-corrected chi connectivity index (χ4v) is 5.01. The van der Waals surface area contributed by atoms with Crippen LogP contribution in [0.5, 0.6) is 0 Å². The molecule has 7 heteroatoms. The van der Waals surface area contributed by atoms with E-state index >= 15 is 0 Å². The Labute approximate surface area is 222 Å². The summed E-state index contributed by atoms with van der Waals surface area (Å²) in [6.07, 6.45) is 6.46. The molecule has 0 amide bonds. The van der Waals surface area contributed by atoms with Gasteiger partial charge in [0, 0.05) is 35.3 Å². The second kappa shape index (κ2) is 17.1. The summed E-state index contributed by atoms with van der Waals surface area (Å²) < 4.78 is 14.5. The van der Waals surface area contributed by atoms with Gasteiger partial charge in [-0.15, -0.1) is 11.8 Å². The van der Waals surface area contributed by atoms with Gasteiger partial charge in [0.05, 0.1) is 11.7 Å². The molecule has 0 aliphatic carbocycles. The number of hydrogen-bond donors (Lipinski definition) is 2. The molecule has 0 heterocycles. The molecule has 0 aliphatic rings. The van der Waals surface area contributed by atoms with Crippen LogP contribution in [0.25, 0.3) is 0 Å². The molecule has 1 radical (unpaired) electrons. The third kappa shape index (κ3) is 11.6. The van der Waals surface area contributed by atoms with Crippen LogP contribution in [0, 0.1) is 0 Å². The molecule has 0 aromatic heterocycles. The van der Waals surface area contributed by atoms with Gasteiger partial charge in [-0.1, -0.05) is 80.3 Å². The number of hydrogen-bond acceptors (Lipinski definition) is 3. The Balaban J connectivity index is 0.00000544. The average Bonchev–Trinajstić information content (AvgIpc) is 2.79. The van der Waals surface area contributed by atoms with Crippen LogP contribution in [0.4, 0.5) is 4.39 Å². The Morgan fingerprint density at radius 3 is 2.03 bits per heavy atom. The van der Waals surface area contributed by atoms with E-state index in [1.165, 1.54) is 24.8 Å². The minimum Gasteiger partial charge on any atom is -0.481 e. The molecule has 2 aromatic rings. The summed E-state index contributed by atoms with van der Waals surface area (Å²) >= 11 is 1.07. The van der Waals surface area contributed by atoms with E-state index in [-0.39, 0.29) is 41.7 Å². The van der Waals surface area contributed by atoms with E-state index < -0.39 is 23.4 Å². The Morgan fingerprint density at radius 2 is 1.39 bits per heavy atom. The normalized spacial score (nSPS) is 12.5. The largest absolute Gasteiger partial charge is 0.481 e. The molecule has 2 aromatic carbocycles. The molecule has 2 atom stereocenters. The minimum atomic E-state index is -2.07. The van der Waals surface area contributed by atoms with Crippen LogP contribution in [0.2, 0.25) is 0 Å². The van der Waals surface area contributed by atoms with E-state index in [1.807, 2.05) is 18.2 Å². The molecule has 2 unspecified atom stereocenters. The SMILES string of the molecule is O=C(O)CCSC(c1ccccc1CCCCCCCCc1ccccc1)C(F)C(=O)O.[Na]. The number of alkyl halides is 1. The number of thioether (sulfide) groups is 1. The number of carboxylic acid groups (broad SMARTS) is 2.